The summed E-state index contributed by atoms with van der Waals surface area (Å²) in [4.78, 5) is 0. The Morgan fingerprint density at radius 1 is 0.286 bits per heavy atom. The van der Waals surface area contributed by atoms with E-state index < -0.39 is 0 Å². The molecule has 6 aromatic carbocycles. The minimum atomic E-state index is 0.951. The first-order valence-electron chi connectivity index (χ1n) is 22.0. The SMILES string of the molecule is CCCCn1c2cc3ccc4cc5c(cc4Br)c4cc(Br)c(ccc6cc7c(cc6Br)c6cc(Br)c(ccc8cc1c(cc8Br)c2cc3Br)cc6n7CCCC)cc4n5CCCC. The summed E-state index contributed by atoms with van der Waals surface area (Å²) < 4.78 is 14.1. The van der Waals surface area contributed by atoms with Crippen molar-refractivity contribution in [3.8, 4) is 0 Å². The Morgan fingerprint density at radius 2 is 0.460 bits per heavy atom. The highest BCUT2D eigenvalue weighted by atomic mass is 79.9. The fraction of sp³-hybridized carbons (Fsp3) is 0.222. The van der Waals surface area contributed by atoms with Crippen molar-refractivity contribution >= 4 is 193 Å². The third kappa shape index (κ3) is 7.82. The molecule has 0 aliphatic carbocycles. The summed E-state index contributed by atoms with van der Waals surface area (Å²) in [5.41, 5.74) is 7.50. The van der Waals surface area contributed by atoms with Gasteiger partial charge in [0.05, 0.1) is 0 Å². The van der Waals surface area contributed by atoms with Gasteiger partial charge in [-0.05, 0) is 124 Å². The fourth-order valence-corrected chi connectivity index (χ4v) is 12.3. The molecule has 4 aromatic heterocycles. The summed E-state index contributed by atoms with van der Waals surface area (Å²) in [6.07, 6.45) is 6.68. The normalized spacial score (nSPS) is 12.1. The van der Waals surface area contributed by atoms with Crippen LogP contribution in [-0.4, -0.2) is 13.7 Å². The van der Waals surface area contributed by atoms with E-state index in [4.69, 9.17) is 0 Å². The molecule has 0 radical (unpaired) electrons. The summed E-state index contributed by atoms with van der Waals surface area (Å²) in [5.74, 6) is 0. The molecule has 0 N–H and O–H groups in total. The molecule has 0 amide bonds. The Kier molecular flexibility index (Phi) is 12.4. The predicted octanol–water partition coefficient (Wildman–Crippen LogP) is 20.1. The number of halogens is 6. The van der Waals surface area contributed by atoms with Gasteiger partial charge in [-0.3, -0.25) is 0 Å². The average molecular weight is 1220 g/mol. The highest BCUT2D eigenvalue weighted by molar-refractivity contribution is 9.11. The predicted molar refractivity (Wildman–Crippen MR) is 295 cm³/mol. The number of hydrogen-bond donors (Lipinski definition) is 0. The van der Waals surface area contributed by atoms with Crippen LogP contribution in [0.3, 0.4) is 0 Å². The van der Waals surface area contributed by atoms with Crippen molar-refractivity contribution in [2.45, 2.75) is 78.9 Å². The van der Waals surface area contributed by atoms with Gasteiger partial charge in [-0.2, -0.15) is 0 Å². The van der Waals surface area contributed by atoms with E-state index in [-0.39, 0.29) is 0 Å². The minimum absolute atomic E-state index is 0.951. The smallest absolute Gasteiger partial charge is 0.0498 e. The number of aryl methyl sites for hydroxylation is 3. The first kappa shape index (κ1) is 43.7. The lowest BCUT2D eigenvalue weighted by atomic mass is 10.1. The lowest BCUT2D eigenvalue weighted by Gasteiger charge is -2.08. The van der Waals surface area contributed by atoms with Gasteiger partial charge in [0.1, 0.15) is 0 Å². The van der Waals surface area contributed by atoms with Crippen molar-refractivity contribution in [1.82, 2.24) is 13.7 Å². The van der Waals surface area contributed by atoms with Crippen molar-refractivity contribution in [3.63, 3.8) is 0 Å². The fourth-order valence-electron chi connectivity index (χ4n) is 9.47. The number of hydrogen-bond acceptors (Lipinski definition) is 0. The summed E-state index contributed by atoms with van der Waals surface area (Å²) in [6, 6.07) is 41.6. The van der Waals surface area contributed by atoms with Crippen molar-refractivity contribution in [2.75, 3.05) is 0 Å². The first-order valence-corrected chi connectivity index (χ1v) is 26.7. The van der Waals surface area contributed by atoms with Gasteiger partial charge in [0, 0.05) is 112 Å². The van der Waals surface area contributed by atoms with Crippen LogP contribution in [0.1, 0.15) is 59.3 Å². The van der Waals surface area contributed by atoms with E-state index in [0.717, 1.165) is 117 Å². The van der Waals surface area contributed by atoms with Crippen molar-refractivity contribution < 1.29 is 0 Å². The molecular formula is C54H45Br6N3. The Hall–Kier alpha value is -3.18. The van der Waals surface area contributed by atoms with Crippen LogP contribution < -0.4 is 0 Å². The van der Waals surface area contributed by atoms with E-state index in [0.29, 0.717) is 0 Å². The maximum absolute atomic E-state index is 4.01. The Labute approximate surface area is 417 Å². The molecule has 10 aromatic rings. The maximum atomic E-state index is 4.01. The lowest BCUT2D eigenvalue weighted by molar-refractivity contribution is 0.665. The van der Waals surface area contributed by atoms with Gasteiger partial charge >= 0.3 is 0 Å². The number of aromatic nitrogens is 3. The first-order chi connectivity index (χ1) is 30.6. The van der Waals surface area contributed by atoms with Gasteiger partial charge in [0.15, 0.2) is 0 Å². The molecule has 0 fully saturated rings. The van der Waals surface area contributed by atoms with E-state index in [9.17, 15) is 0 Å². The van der Waals surface area contributed by atoms with Gasteiger partial charge in [-0.25, -0.2) is 0 Å². The van der Waals surface area contributed by atoms with E-state index in [1.165, 1.54) is 65.4 Å². The second-order valence-electron chi connectivity index (χ2n) is 16.9. The standard InChI is InChI=1S/C54H45Br6N3/c1-4-7-16-61-49-19-31-10-12-33-21-51-39(27-45(33)57)41-29-47(59)35(23-53(41)62(51)17-8-5-2)14-15-36-24-54-42(30-48(36)60)40-28-46(58)34(22-52(40)63(54)18-9-6-3)13-11-32-20-50(61)38(26-44(32)56)37(49)25-43(31)55/h10-15,19-30H,4-9,16-18H2,1-3H3. The molecule has 0 saturated carbocycles. The molecule has 4 heterocycles. The molecule has 0 aliphatic heterocycles. The van der Waals surface area contributed by atoms with Crippen molar-refractivity contribution in [2.24, 2.45) is 0 Å². The maximum Gasteiger partial charge on any atom is 0.0498 e. The van der Waals surface area contributed by atoms with E-state index in [1.807, 2.05) is 0 Å². The van der Waals surface area contributed by atoms with Crippen LogP contribution in [0.25, 0.3) is 97.7 Å². The van der Waals surface area contributed by atoms with Crippen molar-refractivity contribution in [3.05, 3.63) is 136 Å². The number of unbranched alkanes of at least 4 members (excludes halogenated alkanes) is 3. The molecular weight excluding hydrogens is 1170 g/mol. The number of rotatable bonds is 9. The lowest BCUT2D eigenvalue weighted by Crippen LogP contribution is -1.97. The summed E-state index contributed by atoms with van der Waals surface area (Å²) in [7, 11) is 0. The second-order valence-corrected chi connectivity index (χ2v) is 22.0. The van der Waals surface area contributed by atoms with Crippen LogP contribution in [0.15, 0.2) is 136 Å². The van der Waals surface area contributed by atoms with E-state index >= 15 is 0 Å². The average Bonchev–Trinajstić information content (AvgIpc) is 3.82. The topological polar surface area (TPSA) is 14.8 Å². The Balaban J connectivity index is 1.35. The third-order valence-electron chi connectivity index (χ3n) is 12.8. The summed E-state index contributed by atoms with van der Waals surface area (Å²) >= 11 is 24.1. The molecule has 9 heteroatoms. The monoisotopic (exact) mass is 1210 g/mol. The highest BCUT2D eigenvalue weighted by Gasteiger charge is 2.17. The van der Waals surface area contributed by atoms with E-state index in [1.54, 1.807) is 0 Å². The van der Waals surface area contributed by atoms with Crippen LogP contribution in [0.4, 0.5) is 0 Å². The molecule has 0 atom stereocenters. The zero-order chi connectivity index (χ0) is 43.7. The van der Waals surface area contributed by atoms with Gasteiger partial charge < -0.3 is 13.7 Å². The zero-order valence-electron chi connectivity index (χ0n) is 35.4. The van der Waals surface area contributed by atoms with Gasteiger partial charge in [0.25, 0.3) is 0 Å². The molecule has 10 rings (SSSR count). The Morgan fingerprint density at radius 3 is 0.619 bits per heavy atom. The zero-order valence-corrected chi connectivity index (χ0v) is 44.9. The second kappa shape index (κ2) is 17.9. The molecule has 318 valence electrons. The van der Waals surface area contributed by atoms with Crippen LogP contribution in [0.2, 0.25) is 0 Å². The largest absolute Gasteiger partial charge is 0.340 e. The van der Waals surface area contributed by atoms with E-state index in [2.05, 4.69) is 239 Å². The molecule has 0 aliphatic rings. The minimum Gasteiger partial charge on any atom is -0.340 e. The third-order valence-corrected chi connectivity index (χ3v) is 17.0. The Bertz CT molecular complexity index is 3010. The number of fused-ring (bicyclic) bond motifs is 9. The van der Waals surface area contributed by atoms with Crippen LogP contribution in [0.5, 0.6) is 0 Å². The number of nitrogens with zero attached hydrogens (tertiary/aromatic N) is 3. The summed E-state index contributed by atoms with van der Waals surface area (Å²) in [5, 5.41) is 14.4. The highest BCUT2D eigenvalue weighted by Crippen LogP contribution is 2.41. The van der Waals surface area contributed by atoms with Gasteiger partial charge in [-0.15, -0.1) is 0 Å². The molecule has 63 heavy (non-hydrogen) atoms. The van der Waals surface area contributed by atoms with Crippen LogP contribution >= 0.6 is 95.6 Å². The molecule has 3 nitrogen and oxygen atoms in total. The molecule has 0 saturated heterocycles. The van der Waals surface area contributed by atoms with Gasteiger partial charge in [-0.1, -0.05) is 172 Å². The molecule has 12 bridgehead atoms. The quantitative estimate of drug-likeness (QED) is 0.137. The van der Waals surface area contributed by atoms with Crippen LogP contribution in [-0.2, 0) is 19.6 Å². The number of benzene rings is 6. The summed E-state index contributed by atoms with van der Waals surface area (Å²) in [6.45, 7) is 9.67. The van der Waals surface area contributed by atoms with Crippen molar-refractivity contribution in [1.29, 1.82) is 0 Å². The van der Waals surface area contributed by atoms with Crippen LogP contribution in [0, 0.1) is 0 Å². The molecule has 0 spiro atoms. The van der Waals surface area contributed by atoms with Gasteiger partial charge in [0.2, 0.25) is 0 Å². The molecule has 0 unspecified atom stereocenters.